The Kier molecular flexibility index (Phi) is 6.16. The maximum absolute atomic E-state index is 12.9. The van der Waals surface area contributed by atoms with Crippen LogP contribution in [-0.2, 0) is 19.1 Å². The van der Waals surface area contributed by atoms with Gasteiger partial charge in [0.15, 0.2) is 0 Å². The quantitative estimate of drug-likeness (QED) is 0.661. The summed E-state index contributed by atoms with van der Waals surface area (Å²) in [7, 11) is 0. The highest BCUT2D eigenvalue weighted by Gasteiger charge is 2.40. The number of hydrogen-bond donors (Lipinski definition) is 0. The number of nitrogens with zero attached hydrogens (tertiary/aromatic N) is 4. The lowest BCUT2D eigenvalue weighted by Gasteiger charge is -2.37. The number of amides is 3. The van der Waals surface area contributed by atoms with Crippen molar-refractivity contribution in [3.8, 4) is 0 Å². The molecule has 4 fully saturated rings. The Bertz CT molecular complexity index is 593. The number of carbonyl (C=O) groups excluding carboxylic acids is 3. The van der Waals surface area contributed by atoms with Crippen molar-refractivity contribution in [3.05, 3.63) is 0 Å². The molecule has 0 aromatic heterocycles. The van der Waals surface area contributed by atoms with Crippen LogP contribution in [0.5, 0.6) is 0 Å². The van der Waals surface area contributed by atoms with E-state index in [1.54, 1.807) is 0 Å². The van der Waals surface area contributed by atoms with Crippen LogP contribution in [0.15, 0.2) is 0 Å². The van der Waals surface area contributed by atoms with Crippen LogP contribution in [0.4, 0.5) is 0 Å². The second-order valence-electron chi connectivity index (χ2n) is 8.48. The van der Waals surface area contributed by atoms with Gasteiger partial charge in [0.25, 0.3) is 0 Å². The first-order chi connectivity index (χ1) is 13.6. The third kappa shape index (κ3) is 4.33. The van der Waals surface area contributed by atoms with E-state index in [0.29, 0.717) is 64.9 Å². The fraction of sp³-hybridized carbons (Fsp3) is 0.850. The zero-order valence-corrected chi connectivity index (χ0v) is 16.7. The van der Waals surface area contributed by atoms with Crippen molar-refractivity contribution in [1.29, 1.82) is 0 Å². The van der Waals surface area contributed by atoms with Crippen LogP contribution >= 0.6 is 0 Å². The highest BCUT2D eigenvalue weighted by molar-refractivity contribution is 5.89. The molecule has 1 unspecified atom stereocenters. The summed E-state index contributed by atoms with van der Waals surface area (Å²) in [5.74, 6) is 0.167. The summed E-state index contributed by atoms with van der Waals surface area (Å²) < 4.78 is 5.33. The van der Waals surface area contributed by atoms with Crippen LogP contribution in [0.1, 0.15) is 32.1 Å². The molecule has 3 saturated heterocycles. The highest BCUT2D eigenvalue weighted by Crippen LogP contribution is 2.30. The van der Waals surface area contributed by atoms with E-state index in [1.807, 2.05) is 14.7 Å². The molecule has 3 amide bonds. The molecule has 1 aliphatic carbocycles. The summed E-state index contributed by atoms with van der Waals surface area (Å²) in [4.78, 5) is 45.6. The monoisotopic (exact) mass is 392 g/mol. The van der Waals surface area contributed by atoms with E-state index in [1.165, 1.54) is 12.8 Å². The number of hydrogen-bond acceptors (Lipinski definition) is 5. The van der Waals surface area contributed by atoms with Gasteiger partial charge in [-0.2, -0.15) is 0 Å². The lowest BCUT2D eigenvalue weighted by atomic mass is 10.1. The molecule has 3 heterocycles. The third-order valence-electron chi connectivity index (χ3n) is 6.68. The first-order valence-electron chi connectivity index (χ1n) is 10.8. The van der Waals surface area contributed by atoms with Crippen molar-refractivity contribution in [2.75, 3.05) is 65.6 Å². The van der Waals surface area contributed by atoms with Crippen LogP contribution in [0.2, 0.25) is 0 Å². The number of carbonyl (C=O) groups is 3. The van der Waals surface area contributed by atoms with Gasteiger partial charge in [-0.1, -0.05) is 12.8 Å². The molecule has 0 bridgehead atoms. The fourth-order valence-corrected chi connectivity index (χ4v) is 4.95. The predicted octanol–water partition coefficient (Wildman–Crippen LogP) is -0.219. The molecule has 0 spiro atoms. The summed E-state index contributed by atoms with van der Waals surface area (Å²) in [6.45, 7) is 6.31. The molecule has 0 aromatic carbocycles. The number of morpholine rings is 1. The Morgan fingerprint density at radius 2 is 1.57 bits per heavy atom. The topological polar surface area (TPSA) is 73.4 Å². The number of likely N-dealkylation sites (tertiary alicyclic amines) is 1. The van der Waals surface area contributed by atoms with E-state index in [9.17, 15) is 14.4 Å². The predicted molar refractivity (Wildman–Crippen MR) is 102 cm³/mol. The molecule has 156 valence electrons. The average molecular weight is 393 g/mol. The van der Waals surface area contributed by atoms with Gasteiger partial charge in [-0.25, -0.2) is 0 Å². The van der Waals surface area contributed by atoms with Gasteiger partial charge in [0, 0.05) is 58.3 Å². The van der Waals surface area contributed by atoms with Crippen LogP contribution in [0.3, 0.4) is 0 Å². The van der Waals surface area contributed by atoms with E-state index < -0.39 is 0 Å². The molecule has 3 aliphatic heterocycles. The molecule has 0 aromatic rings. The Labute approximate surface area is 166 Å². The molecule has 8 nitrogen and oxygen atoms in total. The van der Waals surface area contributed by atoms with Gasteiger partial charge in [-0.3, -0.25) is 19.3 Å². The molecule has 1 saturated carbocycles. The smallest absolute Gasteiger partial charge is 0.236 e. The molecular formula is C20H32N4O4. The van der Waals surface area contributed by atoms with E-state index in [2.05, 4.69) is 4.90 Å². The minimum Gasteiger partial charge on any atom is -0.379 e. The van der Waals surface area contributed by atoms with Crippen LogP contribution in [0, 0.1) is 5.92 Å². The standard InChI is InChI=1S/C20H32N4O4/c25-18-13-16(14-24(18)17-3-1-2-4-17)20(27)23-7-5-22(6-8-23)19(26)15-21-9-11-28-12-10-21/h16-17H,1-15H2. The molecule has 1 atom stereocenters. The lowest BCUT2D eigenvalue weighted by Crippen LogP contribution is -2.54. The first kappa shape index (κ1) is 19.6. The second kappa shape index (κ2) is 8.78. The third-order valence-corrected chi connectivity index (χ3v) is 6.68. The highest BCUT2D eigenvalue weighted by atomic mass is 16.5. The van der Waals surface area contributed by atoms with Crippen molar-refractivity contribution in [1.82, 2.24) is 19.6 Å². The zero-order valence-electron chi connectivity index (χ0n) is 16.7. The summed E-state index contributed by atoms with van der Waals surface area (Å²) in [5, 5.41) is 0. The molecule has 0 radical (unpaired) electrons. The van der Waals surface area contributed by atoms with Gasteiger partial charge < -0.3 is 19.4 Å². The Morgan fingerprint density at radius 1 is 0.929 bits per heavy atom. The Morgan fingerprint density at radius 3 is 2.25 bits per heavy atom. The van der Waals surface area contributed by atoms with Crippen molar-refractivity contribution in [2.24, 2.45) is 5.92 Å². The SMILES string of the molecule is O=C(CN1CCOCC1)N1CCN(C(=O)C2CC(=O)N(C3CCCC3)C2)CC1. The van der Waals surface area contributed by atoms with Gasteiger partial charge in [0.05, 0.1) is 25.7 Å². The number of piperazine rings is 1. The van der Waals surface area contributed by atoms with Crippen molar-refractivity contribution < 1.29 is 19.1 Å². The van der Waals surface area contributed by atoms with Crippen LogP contribution in [-0.4, -0.2) is 109 Å². The van der Waals surface area contributed by atoms with Gasteiger partial charge in [0.1, 0.15) is 0 Å². The van der Waals surface area contributed by atoms with Gasteiger partial charge in [0.2, 0.25) is 17.7 Å². The van der Waals surface area contributed by atoms with E-state index >= 15 is 0 Å². The van der Waals surface area contributed by atoms with Gasteiger partial charge >= 0.3 is 0 Å². The largest absolute Gasteiger partial charge is 0.379 e. The van der Waals surface area contributed by atoms with E-state index in [-0.39, 0.29) is 23.6 Å². The Balaban J connectivity index is 1.23. The fourth-order valence-electron chi connectivity index (χ4n) is 4.95. The van der Waals surface area contributed by atoms with Crippen molar-refractivity contribution >= 4 is 17.7 Å². The van der Waals surface area contributed by atoms with Crippen molar-refractivity contribution in [2.45, 2.75) is 38.1 Å². The van der Waals surface area contributed by atoms with Crippen molar-refractivity contribution in [3.63, 3.8) is 0 Å². The average Bonchev–Trinajstić information content (AvgIpc) is 3.38. The molecule has 8 heteroatoms. The molecule has 28 heavy (non-hydrogen) atoms. The van der Waals surface area contributed by atoms with Crippen LogP contribution < -0.4 is 0 Å². The lowest BCUT2D eigenvalue weighted by molar-refractivity contribution is -0.142. The minimum absolute atomic E-state index is 0.0918. The Hall–Kier alpha value is -1.67. The molecular weight excluding hydrogens is 360 g/mol. The van der Waals surface area contributed by atoms with Gasteiger partial charge in [-0.05, 0) is 12.8 Å². The van der Waals surface area contributed by atoms with Crippen LogP contribution in [0.25, 0.3) is 0 Å². The molecule has 0 N–H and O–H groups in total. The molecule has 4 rings (SSSR count). The summed E-state index contributed by atoms with van der Waals surface area (Å²) in [5.41, 5.74) is 0. The minimum atomic E-state index is -0.205. The molecule has 4 aliphatic rings. The number of rotatable bonds is 4. The number of ether oxygens (including phenoxy) is 1. The maximum Gasteiger partial charge on any atom is 0.236 e. The second-order valence-corrected chi connectivity index (χ2v) is 8.48. The summed E-state index contributed by atoms with van der Waals surface area (Å²) >= 11 is 0. The van der Waals surface area contributed by atoms with E-state index in [4.69, 9.17) is 4.74 Å². The van der Waals surface area contributed by atoms with Gasteiger partial charge in [-0.15, -0.1) is 0 Å². The zero-order chi connectivity index (χ0) is 19.5. The van der Waals surface area contributed by atoms with E-state index in [0.717, 1.165) is 25.9 Å². The normalized spacial score (nSPS) is 27.6. The maximum atomic E-state index is 12.9. The summed E-state index contributed by atoms with van der Waals surface area (Å²) in [6.07, 6.45) is 4.89. The first-order valence-corrected chi connectivity index (χ1v) is 10.8. The summed E-state index contributed by atoms with van der Waals surface area (Å²) in [6, 6.07) is 0.347.